The Balaban J connectivity index is 1.01. The van der Waals surface area contributed by atoms with Gasteiger partial charge in [0.05, 0.1) is 62.9 Å². The number of carbonyl (C=O) groups is 5. The van der Waals surface area contributed by atoms with Crippen molar-refractivity contribution >= 4 is 30.0 Å². The molecule has 8 rings (SSSR count). The molecule has 6 aliphatic rings. The highest BCUT2D eigenvalue weighted by molar-refractivity contribution is 6.02. The largest absolute Gasteiger partial charge is 0.484 e. The fourth-order valence-corrected chi connectivity index (χ4v) is 11.4. The van der Waals surface area contributed by atoms with Crippen LogP contribution in [-0.2, 0) is 40.2 Å². The minimum atomic E-state index is -1.32. The van der Waals surface area contributed by atoms with E-state index in [1.54, 1.807) is 11.0 Å². The molecule has 4 amide bonds. The SMILES string of the molecule is CC(C)=CCC/C(C)=C/CC[C@@]1(C)Oc2c(c(O[14C](=O)N3CCOCC3)cc3c2CN(CCC[C@@H](C(=O)O)N2Cc4c(cc(O[14C](=O)N5CCOCC5)c5c4O[C@](C)(CC/C=C(\C)CCC=C(C)C)[C@@H](O)C5)C2=O)C3=O)C[C@@H]1O. The lowest BCUT2D eigenvalue weighted by Crippen LogP contribution is -2.49. The first kappa shape index (κ1) is 58.9. The van der Waals surface area contributed by atoms with Crippen LogP contribution in [0.1, 0.15) is 163 Å². The van der Waals surface area contributed by atoms with Crippen molar-refractivity contribution < 1.29 is 67.7 Å². The van der Waals surface area contributed by atoms with Gasteiger partial charge < -0.3 is 63.3 Å². The van der Waals surface area contributed by atoms with E-state index >= 15 is 0 Å². The molecule has 430 valence electrons. The second kappa shape index (κ2) is 25.5. The first-order valence-corrected chi connectivity index (χ1v) is 28.3. The van der Waals surface area contributed by atoms with Crippen LogP contribution in [0.15, 0.2) is 58.7 Å². The van der Waals surface area contributed by atoms with Crippen LogP contribution in [0.4, 0.5) is 9.59 Å². The number of aliphatic hydroxyl groups is 2. The molecule has 5 atom stereocenters. The van der Waals surface area contributed by atoms with E-state index in [1.165, 1.54) is 43.1 Å². The number of carbonyl (C=O) groups excluding carboxylic acids is 4. The fraction of sp³-hybridized carbons (Fsp3) is 0.590. The van der Waals surface area contributed by atoms with Gasteiger partial charge >= 0.3 is 18.2 Å². The van der Waals surface area contributed by atoms with E-state index in [4.69, 9.17) is 28.4 Å². The van der Waals surface area contributed by atoms with Gasteiger partial charge in [0.1, 0.15) is 40.2 Å². The highest BCUT2D eigenvalue weighted by Gasteiger charge is 2.48. The summed E-state index contributed by atoms with van der Waals surface area (Å²) in [6, 6.07) is 1.70. The van der Waals surface area contributed by atoms with Crippen molar-refractivity contribution in [2.75, 3.05) is 59.2 Å². The zero-order valence-electron chi connectivity index (χ0n) is 47.6. The van der Waals surface area contributed by atoms with Crippen molar-refractivity contribution in [2.24, 2.45) is 0 Å². The first-order chi connectivity index (χ1) is 37.7. The number of hydrogen-bond donors (Lipinski definition) is 3. The van der Waals surface area contributed by atoms with Crippen molar-refractivity contribution in [3.05, 3.63) is 92.1 Å². The Morgan fingerprint density at radius 3 is 1.56 bits per heavy atom. The number of carboxylic acids is 1. The number of allylic oxidation sites excluding steroid dienone is 8. The third-order valence-electron chi connectivity index (χ3n) is 16.4. The average Bonchev–Trinajstić information content (AvgIpc) is 3.98. The Bertz CT molecular complexity index is 2760. The number of morpholine rings is 2. The van der Waals surface area contributed by atoms with Crippen molar-refractivity contribution in [3.8, 4) is 23.0 Å². The van der Waals surface area contributed by atoms with E-state index < -0.39 is 53.5 Å². The van der Waals surface area contributed by atoms with Gasteiger partial charge in [0.25, 0.3) is 11.8 Å². The minimum Gasteiger partial charge on any atom is -0.484 e. The number of hydrogen-bond acceptors (Lipinski definition) is 13. The predicted molar refractivity (Wildman–Crippen MR) is 296 cm³/mol. The quantitative estimate of drug-likeness (QED) is 0.105. The molecule has 0 spiro atoms. The van der Waals surface area contributed by atoms with Gasteiger partial charge in [-0.15, -0.1) is 0 Å². The minimum absolute atomic E-state index is 0.0185. The second-order valence-corrected chi connectivity index (χ2v) is 23.1. The van der Waals surface area contributed by atoms with Crippen LogP contribution in [0.25, 0.3) is 0 Å². The molecule has 2 fully saturated rings. The zero-order valence-corrected chi connectivity index (χ0v) is 47.6. The van der Waals surface area contributed by atoms with Gasteiger partial charge in [-0.3, -0.25) is 9.59 Å². The van der Waals surface area contributed by atoms with E-state index in [9.17, 15) is 39.3 Å². The summed E-state index contributed by atoms with van der Waals surface area (Å²) in [6.45, 7) is 19.0. The molecule has 18 nitrogen and oxygen atoms in total. The van der Waals surface area contributed by atoms with Gasteiger partial charge in [-0.05, 0) is 132 Å². The molecule has 6 heterocycles. The Labute approximate surface area is 464 Å². The maximum Gasteiger partial charge on any atom is 0.415 e. The lowest BCUT2D eigenvalue weighted by molar-refractivity contribution is -0.142. The molecule has 2 saturated heterocycles. The molecule has 2 aromatic carbocycles. The van der Waals surface area contributed by atoms with Crippen LogP contribution in [0.3, 0.4) is 0 Å². The fourth-order valence-electron chi connectivity index (χ4n) is 11.4. The van der Waals surface area contributed by atoms with E-state index in [0.717, 1.165) is 25.7 Å². The molecule has 79 heavy (non-hydrogen) atoms. The summed E-state index contributed by atoms with van der Waals surface area (Å²) >= 11 is 0. The van der Waals surface area contributed by atoms with Gasteiger partial charge in [-0.25, -0.2) is 14.4 Å². The van der Waals surface area contributed by atoms with E-state index in [0.29, 0.717) is 112 Å². The molecule has 0 aliphatic carbocycles. The molecule has 6 aliphatic heterocycles. The molecule has 18 heteroatoms. The molecule has 0 aromatic heterocycles. The number of rotatable bonds is 20. The van der Waals surface area contributed by atoms with Gasteiger partial charge in [0.15, 0.2) is 0 Å². The summed E-state index contributed by atoms with van der Waals surface area (Å²) < 4.78 is 36.5. The highest BCUT2D eigenvalue weighted by Crippen LogP contribution is 2.49. The topological polar surface area (TPSA) is 214 Å². The maximum atomic E-state index is 14.6. The number of fused-ring (bicyclic) bond motifs is 6. The summed E-state index contributed by atoms with van der Waals surface area (Å²) in [5.41, 5.74) is 5.23. The van der Waals surface area contributed by atoms with Crippen LogP contribution in [0.5, 0.6) is 23.0 Å². The Morgan fingerprint density at radius 1 is 0.671 bits per heavy atom. The summed E-state index contributed by atoms with van der Waals surface area (Å²) in [6.07, 6.45) is 11.8. The highest BCUT2D eigenvalue weighted by atomic mass is 16.8. The molecule has 3 N–H and O–H groups in total. The van der Waals surface area contributed by atoms with Crippen LogP contribution in [0, 0.1) is 0 Å². The zero-order chi connectivity index (χ0) is 56.8. The van der Waals surface area contributed by atoms with Crippen LogP contribution in [0.2, 0.25) is 0 Å². The predicted octanol–water partition coefficient (Wildman–Crippen LogP) is 9.25. The number of aliphatic hydroxyl groups excluding tert-OH is 2. The van der Waals surface area contributed by atoms with Gasteiger partial charge in [-0.2, -0.15) is 0 Å². The molecule has 0 bridgehead atoms. The number of amides is 4. The molecule has 0 saturated carbocycles. The van der Waals surface area contributed by atoms with Crippen molar-refractivity contribution in [1.29, 1.82) is 0 Å². The molecule has 0 unspecified atom stereocenters. The third-order valence-corrected chi connectivity index (χ3v) is 16.4. The first-order valence-electron chi connectivity index (χ1n) is 28.3. The molecule has 2 aromatic rings. The number of ether oxygens (including phenoxy) is 6. The summed E-state index contributed by atoms with van der Waals surface area (Å²) in [7, 11) is 0. The monoisotopic (exact) mass is 1100 g/mol. The van der Waals surface area contributed by atoms with Crippen LogP contribution < -0.4 is 18.9 Å². The smallest absolute Gasteiger partial charge is 0.415 e. The molecular formula is C61H82N4O14. The van der Waals surface area contributed by atoms with Gasteiger partial charge in [0.2, 0.25) is 0 Å². The lowest BCUT2D eigenvalue weighted by atomic mass is 9.84. The lowest BCUT2D eigenvalue weighted by Gasteiger charge is -2.41. The van der Waals surface area contributed by atoms with Crippen LogP contribution in [-0.4, -0.2) is 153 Å². The third kappa shape index (κ3) is 13.7. The molecule has 0 radical (unpaired) electrons. The summed E-state index contributed by atoms with van der Waals surface area (Å²) in [4.78, 5) is 75.4. The Kier molecular flexibility index (Phi) is 19.0. The summed E-state index contributed by atoms with van der Waals surface area (Å²) in [5.74, 6) is -1.28. The second-order valence-electron chi connectivity index (χ2n) is 23.1. The number of nitrogens with zero attached hydrogens (tertiary/aromatic N) is 4. The number of benzene rings is 2. The number of carboxylic acid groups (broad SMARTS) is 1. The maximum absolute atomic E-state index is 14.6. The average molecular weight is 1100 g/mol. The standard InChI is InChI=1S/C61H82N4O14/c1-38(2)14-9-16-40(5)18-11-21-60(7)51(66)34-44-49(76-58(72)62-24-28-74-29-25-62)32-42-46(53(44)78-60)36-64(55(42)68)23-13-20-48(57(70)71)65-37-47-43(56(65)69)33-50(77-59(73)63-26-30-75-31-27-63)45-35-52(67)61(8,79-54(45)47)22-12-19-41(6)17-10-15-39(3)4/h14-15,18-19,32-33,48,51-52,66-67H,9-13,16-17,20-31,34-37H2,1-8H3,(H,70,71)/b40-18+,41-19+/t48-,51-,52-,60+,61+/m0/s1/i58+2,59+2. The van der Waals surface area contributed by atoms with Crippen LogP contribution >= 0.6 is 0 Å². The Morgan fingerprint density at radius 2 is 1.11 bits per heavy atom. The van der Waals surface area contributed by atoms with Gasteiger partial charge in [0, 0.05) is 67.8 Å². The van der Waals surface area contributed by atoms with Crippen molar-refractivity contribution in [3.63, 3.8) is 0 Å². The number of aliphatic carboxylic acids is 1. The van der Waals surface area contributed by atoms with E-state index in [1.807, 2.05) is 13.8 Å². The van der Waals surface area contributed by atoms with E-state index in [2.05, 4.69) is 65.8 Å². The molecular weight excluding hydrogens is 1020 g/mol. The van der Waals surface area contributed by atoms with Gasteiger partial charge in [-0.1, -0.05) is 46.6 Å². The van der Waals surface area contributed by atoms with Crippen molar-refractivity contribution in [1.82, 2.24) is 19.6 Å². The Hall–Kier alpha value is -6.21. The van der Waals surface area contributed by atoms with E-state index in [-0.39, 0.29) is 73.9 Å². The normalized spacial score (nSPS) is 23.2. The summed E-state index contributed by atoms with van der Waals surface area (Å²) in [5, 5.41) is 34.3. The van der Waals surface area contributed by atoms with Crippen molar-refractivity contribution in [2.45, 2.75) is 175 Å².